The first-order chi connectivity index (χ1) is 7.78. The van der Waals surface area contributed by atoms with Gasteiger partial charge >= 0.3 is 6.18 Å². The highest BCUT2D eigenvalue weighted by atomic mass is 79.9. The van der Waals surface area contributed by atoms with Crippen LogP contribution in [0.2, 0.25) is 0 Å². The third kappa shape index (κ3) is 5.16. The van der Waals surface area contributed by atoms with E-state index in [4.69, 9.17) is 0 Å². The van der Waals surface area contributed by atoms with Crippen LogP contribution in [0.1, 0.15) is 12.8 Å². The molecular formula is C10H8BrF4NO. The first-order valence-corrected chi connectivity index (χ1v) is 5.39. The van der Waals surface area contributed by atoms with Gasteiger partial charge in [0.1, 0.15) is 5.82 Å². The molecule has 0 spiro atoms. The Bertz CT molecular complexity index is 419. The van der Waals surface area contributed by atoms with E-state index in [0.717, 1.165) is 12.1 Å². The molecule has 0 aromatic heterocycles. The molecule has 1 rings (SSSR count). The Hall–Kier alpha value is -1.11. The fourth-order valence-electron chi connectivity index (χ4n) is 1.06. The van der Waals surface area contributed by atoms with Crippen molar-refractivity contribution >= 4 is 27.5 Å². The van der Waals surface area contributed by atoms with Crippen LogP contribution in [0.15, 0.2) is 22.7 Å². The van der Waals surface area contributed by atoms with Gasteiger partial charge in [-0.05, 0) is 34.1 Å². The van der Waals surface area contributed by atoms with E-state index in [1.54, 1.807) is 0 Å². The van der Waals surface area contributed by atoms with Gasteiger partial charge in [-0.3, -0.25) is 4.79 Å². The number of benzene rings is 1. The molecule has 2 nitrogen and oxygen atoms in total. The summed E-state index contributed by atoms with van der Waals surface area (Å²) in [6, 6.07) is 3.48. The fourth-order valence-corrected chi connectivity index (χ4v) is 1.51. The van der Waals surface area contributed by atoms with Crippen molar-refractivity contribution in [1.82, 2.24) is 0 Å². The molecule has 0 heterocycles. The molecule has 94 valence electrons. The van der Waals surface area contributed by atoms with Crippen LogP contribution in [0, 0.1) is 5.82 Å². The first kappa shape index (κ1) is 14.0. The van der Waals surface area contributed by atoms with Gasteiger partial charge in [-0.2, -0.15) is 13.2 Å². The number of hydrogen-bond donors (Lipinski definition) is 1. The summed E-state index contributed by atoms with van der Waals surface area (Å²) in [5.41, 5.74) is 0.235. The van der Waals surface area contributed by atoms with Crippen molar-refractivity contribution in [3.05, 3.63) is 28.5 Å². The van der Waals surface area contributed by atoms with E-state index in [1.165, 1.54) is 6.07 Å². The zero-order valence-electron chi connectivity index (χ0n) is 8.44. The second kappa shape index (κ2) is 5.48. The molecule has 0 aliphatic rings. The topological polar surface area (TPSA) is 29.1 Å². The van der Waals surface area contributed by atoms with Gasteiger partial charge in [0.25, 0.3) is 0 Å². The predicted molar refractivity (Wildman–Crippen MR) is 58.0 cm³/mol. The van der Waals surface area contributed by atoms with Gasteiger partial charge < -0.3 is 5.32 Å². The van der Waals surface area contributed by atoms with E-state index in [-0.39, 0.29) is 10.2 Å². The van der Waals surface area contributed by atoms with E-state index in [0.29, 0.717) is 0 Å². The minimum atomic E-state index is -4.36. The van der Waals surface area contributed by atoms with Crippen molar-refractivity contribution in [2.75, 3.05) is 5.32 Å². The number of hydrogen-bond acceptors (Lipinski definition) is 1. The predicted octanol–water partition coefficient (Wildman–Crippen LogP) is 3.87. The molecule has 0 aliphatic heterocycles. The maximum atomic E-state index is 12.7. The monoisotopic (exact) mass is 313 g/mol. The standard InChI is InChI=1S/C10H8BrF4NO/c11-7-5-6(12)1-2-8(7)16-9(17)3-4-10(13,14)15/h1-2,5H,3-4H2,(H,16,17). The number of rotatable bonds is 3. The highest BCUT2D eigenvalue weighted by Crippen LogP contribution is 2.25. The Morgan fingerprint density at radius 1 is 1.35 bits per heavy atom. The van der Waals surface area contributed by atoms with Crippen molar-refractivity contribution in [3.63, 3.8) is 0 Å². The minimum absolute atomic E-state index is 0.235. The smallest absolute Gasteiger partial charge is 0.325 e. The van der Waals surface area contributed by atoms with Crippen molar-refractivity contribution in [2.45, 2.75) is 19.0 Å². The van der Waals surface area contributed by atoms with Gasteiger partial charge in [0, 0.05) is 10.9 Å². The summed E-state index contributed by atoms with van der Waals surface area (Å²) in [5.74, 6) is -1.28. The molecule has 0 saturated heterocycles. The van der Waals surface area contributed by atoms with Crippen molar-refractivity contribution in [3.8, 4) is 0 Å². The molecule has 17 heavy (non-hydrogen) atoms. The van der Waals surface area contributed by atoms with Crippen LogP contribution >= 0.6 is 15.9 Å². The van der Waals surface area contributed by atoms with Gasteiger partial charge in [0.2, 0.25) is 5.91 Å². The average Bonchev–Trinajstić information content (AvgIpc) is 2.18. The number of halogens is 5. The fraction of sp³-hybridized carbons (Fsp3) is 0.300. The maximum Gasteiger partial charge on any atom is 0.389 e. The van der Waals surface area contributed by atoms with Gasteiger partial charge in [0.05, 0.1) is 12.1 Å². The van der Waals surface area contributed by atoms with Gasteiger partial charge in [-0.1, -0.05) is 0 Å². The molecule has 0 bridgehead atoms. The number of carbonyl (C=O) groups is 1. The summed E-state index contributed by atoms with van der Waals surface area (Å²) in [6.45, 7) is 0. The third-order valence-electron chi connectivity index (χ3n) is 1.84. The Balaban J connectivity index is 2.57. The number of nitrogens with one attached hydrogen (secondary N) is 1. The van der Waals surface area contributed by atoms with Gasteiger partial charge in [-0.25, -0.2) is 4.39 Å². The summed E-state index contributed by atoms with van der Waals surface area (Å²) in [4.78, 5) is 11.2. The van der Waals surface area contributed by atoms with Gasteiger partial charge in [0.15, 0.2) is 0 Å². The van der Waals surface area contributed by atoms with Gasteiger partial charge in [-0.15, -0.1) is 0 Å². The lowest BCUT2D eigenvalue weighted by Crippen LogP contribution is -2.16. The van der Waals surface area contributed by atoms with E-state index < -0.39 is 30.7 Å². The van der Waals surface area contributed by atoms with Crippen molar-refractivity contribution in [1.29, 1.82) is 0 Å². The molecule has 7 heteroatoms. The second-order valence-electron chi connectivity index (χ2n) is 3.29. The highest BCUT2D eigenvalue weighted by Gasteiger charge is 2.27. The zero-order valence-corrected chi connectivity index (χ0v) is 10.0. The Morgan fingerprint density at radius 2 is 2.00 bits per heavy atom. The minimum Gasteiger partial charge on any atom is -0.325 e. The van der Waals surface area contributed by atoms with Crippen LogP contribution in [-0.2, 0) is 4.79 Å². The second-order valence-corrected chi connectivity index (χ2v) is 4.14. The summed E-state index contributed by atoms with van der Waals surface area (Å²) < 4.78 is 48.5. The quantitative estimate of drug-likeness (QED) is 0.843. The largest absolute Gasteiger partial charge is 0.389 e. The third-order valence-corrected chi connectivity index (χ3v) is 2.50. The molecule has 0 atom stereocenters. The van der Waals surface area contributed by atoms with E-state index >= 15 is 0 Å². The number of amides is 1. The highest BCUT2D eigenvalue weighted by molar-refractivity contribution is 9.10. The Morgan fingerprint density at radius 3 is 2.53 bits per heavy atom. The van der Waals surface area contributed by atoms with Crippen LogP contribution in [0.3, 0.4) is 0 Å². The number of alkyl halides is 3. The van der Waals surface area contributed by atoms with Crippen LogP contribution < -0.4 is 5.32 Å². The summed E-state index contributed by atoms with van der Waals surface area (Å²) >= 11 is 2.99. The SMILES string of the molecule is O=C(CCC(F)(F)F)Nc1ccc(F)cc1Br. The molecule has 0 aliphatic carbocycles. The summed E-state index contributed by atoms with van der Waals surface area (Å²) in [7, 11) is 0. The molecule has 1 aromatic carbocycles. The Labute approximate surface area is 103 Å². The van der Waals surface area contributed by atoms with Crippen molar-refractivity contribution in [2.24, 2.45) is 0 Å². The molecule has 0 radical (unpaired) electrons. The van der Waals surface area contributed by atoms with Crippen LogP contribution in [-0.4, -0.2) is 12.1 Å². The molecule has 1 N–H and O–H groups in total. The van der Waals surface area contributed by atoms with Crippen LogP contribution in [0.25, 0.3) is 0 Å². The van der Waals surface area contributed by atoms with Crippen LogP contribution in [0.5, 0.6) is 0 Å². The summed E-state index contributed by atoms with van der Waals surface area (Å²) in [5, 5.41) is 2.26. The average molecular weight is 314 g/mol. The maximum absolute atomic E-state index is 12.7. The summed E-state index contributed by atoms with van der Waals surface area (Å²) in [6.07, 6.45) is -6.21. The number of anilines is 1. The van der Waals surface area contributed by atoms with E-state index in [9.17, 15) is 22.4 Å². The normalized spacial score (nSPS) is 11.4. The Kier molecular flexibility index (Phi) is 4.50. The zero-order chi connectivity index (χ0) is 13.1. The molecule has 1 amide bonds. The molecule has 0 fully saturated rings. The lowest BCUT2D eigenvalue weighted by atomic mass is 10.2. The molecular weight excluding hydrogens is 306 g/mol. The first-order valence-electron chi connectivity index (χ1n) is 4.59. The molecule has 0 saturated carbocycles. The van der Waals surface area contributed by atoms with Crippen LogP contribution in [0.4, 0.5) is 23.2 Å². The lowest BCUT2D eigenvalue weighted by molar-refractivity contribution is -0.142. The van der Waals surface area contributed by atoms with Crippen molar-refractivity contribution < 1.29 is 22.4 Å². The number of carbonyl (C=O) groups excluding carboxylic acids is 1. The van der Waals surface area contributed by atoms with E-state index in [1.807, 2.05) is 0 Å². The molecule has 1 aromatic rings. The van der Waals surface area contributed by atoms with E-state index in [2.05, 4.69) is 21.2 Å². The lowest BCUT2D eigenvalue weighted by Gasteiger charge is -2.08. The molecule has 0 unspecified atom stereocenters.